The van der Waals surface area contributed by atoms with E-state index in [0.29, 0.717) is 11.1 Å². The predicted octanol–water partition coefficient (Wildman–Crippen LogP) is 6.42. The monoisotopic (exact) mass is 517 g/mol. The Morgan fingerprint density at radius 1 is 0.684 bits per heavy atom. The summed E-state index contributed by atoms with van der Waals surface area (Å²) in [5.74, 6) is 1.88. The van der Waals surface area contributed by atoms with E-state index in [-0.39, 0.29) is 11.9 Å². The Hall–Kier alpha value is -3.31. The lowest BCUT2D eigenvalue weighted by atomic mass is 10.0. The Kier molecular flexibility index (Phi) is 12.2. The zero-order valence-electron chi connectivity index (χ0n) is 23.4. The average Bonchev–Trinajstić information content (AvgIpc) is 2.92. The van der Waals surface area contributed by atoms with Crippen molar-refractivity contribution in [3.05, 3.63) is 96.1 Å². The zero-order chi connectivity index (χ0) is 27.1. The van der Waals surface area contributed by atoms with Crippen LogP contribution in [0.15, 0.2) is 84.9 Å². The minimum absolute atomic E-state index is 0.0876. The molecule has 0 spiro atoms. The van der Waals surface area contributed by atoms with E-state index in [1.807, 2.05) is 60.7 Å². The summed E-state index contributed by atoms with van der Waals surface area (Å²) >= 11 is 0. The first-order chi connectivity index (χ1) is 18.4. The van der Waals surface area contributed by atoms with Gasteiger partial charge in [0, 0.05) is 13.0 Å². The van der Waals surface area contributed by atoms with E-state index < -0.39 is 0 Å². The van der Waals surface area contributed by atoms with Crippen molar-refractivity contribution >= 4 is 5.91 Å². The van der Waals surface area contributed by atoms with Crippen molar-refractivity contribution in [3.63, 3.8) is 0 Å². The number of hydrogen-bond donors (Lipinski definition) is 1. The third-order valence-electron chi connectivity index (χ3n) is 6.72. The molecule has 1 atom stereocenters. The fourth-order valence-electron chi connectivity index (χ4n) is 4.38. The van der Waals surface area contributed by atoms with Crippen LogP contribution in [0, 0.1) is 0 Å². The van der Waals surface area contributed by atoms with Gasteiger partial charge in [-0.2, -0.15) is 0 Å². The number of nitrogens with zero attached hydrogens (tertiary/aromatic N) is 1. The van der Waals surface area contributed by atoms with Crippen LogP contribution >= 0.6 is 0 Å². The average molecular weight is 518 g/mol. The van der Waals surface area contributed by atoms with Gasteiger partial charge in [0.25, 0.3) is 5.91 Å². The highest BCUT2D eigenvalue weighted by atomic mass is 16.5. The van der Waals surface area contributed by atoms with Crippen molar-refractivity contribution in [2.75, 3.05) is 34.3 Å². The van der Waals surface area contributed by atoms with E-state index in [1.54, 1.807) is 0 Å². The molecule has 0 saturated heterocycles. The third-order valence-corrected chi connectivity index (χ3v) is 6.72. The first kappa shape index (κ1) is 29.2. The first-order valence-corrected chi connectivity index (χ1v) is 13.9. The van der Waals surface area contributed by atoms with Crippen molar-refractivity contribution < 1.29 is 18.8 Å². The van der Waals surface area contributed by atoms with Crippen LogP contribution in [0.5, 0.6) is 11.5 Å². The minimum atomic E-state index is -0.0876. The second-order valence-electron chi connectivity index (χ2n) is 10.8. The number of quaternary nitrogens is 1. The second-order valence-corrected chi connectivity index (χ2v) is 10.8. The fourth-order valence-corrected chi connectivity index (χ4v) is 4.38. The van der Waals surface area contributed by atoms with Gasteiger partial charge in [0.15, 0.2) is 6.04 Å². The molecule has 0 aromatic heterocycles. The number of likely N-dealkylation sites (N-methyl/N-ethyl adjacent to an activating group) is 1. The van der Waals surface area contributed by atoms with Crippen LogP contribution in [-0.2, 0) is 17.8 Å². The molecule has 1 amide bonds. The molecular weight excluding hydrogens is 472 g/mol. The number of hydrogen-bond acceptors (Lipinski definition) is 3. The SMILES string of the molecule is C[N+](C)(C)[C@@H](Cc1ccccc1)C(=O)NCCCCCCCCOc1ccc(OCc2ccccc2)cc1. The Bertz CT molecular complexity index is 1050. The summed E-state index contributed by atoms with van der Waals surface area (Å²) in [6.45, 7) is 2.05. The standard InChI is InChI=1S/C33H44N2O3/c1-35(2,3)32(26-28-16-10-8-11-17-28)33(36)34-24-14-6-4-5-7-15-25-37-30-20-22-31(23-21-30)38-27-29-18-12-9-13-19-29/h8-13,16-23,32H,4-7,14-15,24-27H2,1-3H3/p+1/t32-/m0/s1. The summed E-state index contributed by atoms with van der Waals surface area (Å²) in [5, 5.41) is 3.18. The van der Waals surface area contributed by atoms with Gasteiger partial charge < -0.3 is 19.3 Å². The summed E-state index contributed by atoms with van der Waals surface area (Å²) in [6, 6.07) is 28.2. The number of benzene rings is 3. The van der Waals surface area contributed by atoms with E-state index in [2.05, 4.69) is 50.7 Å². The molecule has 0 radical (unpaired) electrons. The Morgan fingerprint density at radius 2 is 1.21 bits per heavy atom. The van der Waals surface area contributed by atoms with Crippen LogP contribution in [0.3, 0.4) is 0 Å². The molecule has 0 aliphatic carbocycles. The van der Waals surface area contributed by atoms with E-state index in [1.165, 1.54) is 18.4 Å². The van der Waals surface area contributed by atoms with Crippen molar-refractivity contribution in [1.29, 1.82) is 0 Å². The van der Waals surface area contributed by atoms with Gasteiger partial charge in [-0.15, -0.1) is 0 Å². The van der Waals surface area contributed by atoms with Crippen molar-refractivity contribution in [2.45, 2.75) is 57.6 Å². The number of carbonyl (C=O) groups is 1. The van der Waals surface area contributed by atoms with Gasteiger partial charge in [-0.25, -0.2) is 0 Å². The molecule has 0 saturated carbocycles. The van der Waals surface area contributed by atoms with E-state index in [4.69, 9.17) is 9.47 Å². The number of ether oxygens (including phenoxy) is 2. The van der Waals surface area contributed by atoms with Gasteiger partial charge in [-0.05, 0) is 48.2 Å². The Labute approximate surface area is 229 Å². The quantitative estimate of drug-likeness (QED) is 0.166. The molecule has 0 fully saturated rings. The van der Waals surface area contributed by atoms with E-state index in [0.717, 1.165) is 62.3 Å². The highest BCUT2D eigenvalue weighted by Crippen LogP contribution is 2.19. The molecule has 0 bridgehead atoms. The van der Waals surface area contributed by atoms with Crippen molar-refractivity contribution in [1.82, 2.24) is 5.32 Å². The molecule has 0 heterocycles. The summed E-state index contributed by atoms with van der Waals surface area (Å²) in [4.78, 5) is 12.9. The molecule has 0 unspecified atom stereocenters. The van der Waals surface area contributed by atoms with Crippen LogP contribution in [0.4, 0.5) is 0 Å². The molecule has 0 aliphatic heterocycles. The largest absolute Gasteiger partial charge is 0.494 e. The smallest absolute Gasteiger partial charge is 0.278 e. The van der Waals surface area contributed by atoms with Crippen LogP contribution in [0.25, 0.3) is 0 Å². The number of carbonyl (C=O) groups excluding carboxylic acids is 1. The maximum Gasteiger partial charge on any atom is 0.278 e. The summed E-state index contributed by atoms with van der Waals surface area (Å²) in [5.41, 5.74) is 2.36. The van der Waals surface area contributed by atoms with Crippen LogP contribution in [-0.4, -0.2) is 50.7 Å². The number of unbranched alkanes of at least 4 members (excludes halogenated alkanes) is 5. The van der Waals surface area contributed by atoms with Gasteiger partial charge in [0.2, 0.25) is 0 Å². The predicted molar refractivity (Wildman–Crippen MR) is 155 cm³/mol. The number of amides is 1. The number of nitrogens with one attached hydrogen (secondary N) is 1. The Balaban J connectivity index is 1.21. The highest BCUT2D eigenvalue weighted by Gasteiger charge is 2.31. The summed E-state index contributed by atoms with van der Waals surface area (Å²) < 4.78 is 12.3. The van der Waals surface area contributed by atoms with Gasteiger partial charge in [-0.1, -0.05) is 86.3 Å². The molecule has 3 aromatic rings. The van der Waals surface area contributed by atoms with E-state index >= 15 is 0 Å². The summed E-state index contributed by atoms with van der Waals surface area (Å²) in [7, 11) is 6.27. The van der Waals surface area contributed by atoms with Gasteiger partial charge in [0.1, 0.15) is 18.1 Å². The Morgan fingerprint density at radius 3 is 1.82 bits per heavy atom. The van der Waals surface area contributed by atoms with Crippen LogP contribution in [0.2, 0.25) is 0 Å². The topological polar surface area (TPSA) is 47.6 Å². The molecule has 3 aromatic carbocycles. The lowest BCUT2D eigenvalue weighted by molar-refractivity contribution is -0.886. The molecule has 1 N–H and O–H groups in total. The molecular formula is C33H45N2O3+. The zero-order valence-corrected chi connectivity index (χ0v) is 23.4. The molecule has 5 heteroatoms. The van der Waals surface area contributed by atoms with Crippen molar-refractivity contribution in [3.8, 4) is 11.5 Å². The molecule has 0 aliphatic rings. The van der Waals surface area contributed by atoms with Crippen molar-refractivity contribution in [2.24, 2.45) is 0 Å². The number of rotatable bonds is 17. The van der Waals surface area contributed by atoms with Gasteiger partial charge in [-0.3, -0.25) is 4.79 Å². The molecule has 3 rings (SSSR count). The molecule has 38 heavy (non-hydrogen) atoms. The molecule has 204 valence electrons. The normalized spacial score (nSPS) is 12.1. The van der Waals surface area contributed by atoms with E-state index in [9.17, 15) is 4.79 Å². The second kappa shape index (κ2) is 15.8. The minimum Gasteiger partial charge on any atom is -0.494 e. The fraction of sp³-hybridized carbons (Fsp3) is 0.424. The maximum atomic E-state index is 12.9. The maximum absolute atomic E-state index is 12.9. The van der Waals surface area contributed by atoms with Crippen LogP contribution in [0.1, 0.15) is 49.7 Å². The molecule has 5 nitrogen and oxygen atoms in total. The first-order valence-electron chi connectivity index (χ1n) is 13.9. The highest BCUT2D eigenvalue weighted by molar-refractivity contribution is 5.81. The lowest BCUT2D eigenvalue weighted by Gasteiger charge is -2.33. The summed E-state index contributed by atoms with van der Waals surface area (Å²) in [6.07, 6.45) is 7.50. The van der Waals surface area contributed by atoms with Gasteiger partial charge >= 0.3 is 0 Å². The third kappa shape index (κ3) is 11.0. The van der Waals surface area contributed by atoms with Gasteiger partial charge in [0.05, 0.1) is 27.7 Å². The van der Waals surface area contributed by atoms with Crippen LogP contribution < -0.4 is 14.8 Å². The lowest BCUT2D eigenvalue weighted by Crippen LogP contribution is -2.55.